The normalized spacial score (nSPS) is 17.1. The fraction of sp³-hybridized carbons (Fsp3) is 0.238. The van der Waals surface area contributed by atoms with Crippen molar-refractivity contribution in [2.75, 3.05) is 13.7 Å². The number of aliphatic imine (C=N–C) groups is 1. The lowest BCUT2D eigenvalue weighted by atomic mass is 10.2. The summed E-state index contributed by atoms with van der Waals surface area (Å²) in [7, 11) is 1.68. The molecule has 2 aromatic carbocycles. The van der Waals surface area contributed by atoms with Gasteiger partial charge in [-0.15, -0.1) is 0 Å². The van der Waals surface area contributed by atoms with E-state index in [1.807, 2.05) is 30.3 Å². The Bertz CT molecular complexity index is 861. The van der Waals surface area contributed by atoms with Gasteiger partial charge in [0.25, 0.3) is 5.91 Å². The molecule has 1 aliphatic heterocycles. The van der Waals surface area contributed by atoms with Crippen molar-refractivity contribution >= 4 is 34.6 Å². The van der Waals surface area contributed by atoms with Crippen LogP contribution in [0.5, 0.6) is 5.75 Å². The molecule has 4 nitrogen and oxygen atoms in total. The Kier molecular flexibility index (Phi) is 6.29. The number of halogens is 1. The maximum atomic E-state index is 13.0. The molecular weight excluding hydrogens is 363 g/mol. The van der Waals surface area contributed by atoms with Crippen LogP contribution in [0.25, 0.3) is 6.08 Å². The first-order valence-corrected chi connectivity index (χ1v) is 9.63. The molecule has 0 aliphatic carbocycles. The van der Waals surface area contributed by atoms with Crippen molar-refractivity contribution in [2.24, 2.45) is 4.99 Å². The summed E-state index contributed by atoms with van der Waals surface area (Å²) in [5.41, 5.74) is 1.53. The summed E-state index contributed by atoms with van der Waals surface area (Å²) in [6.07, 6.45) is 3.96. The minimum Gasteiger partial charge on any atom is -0.494 e. The van der Waals surface area contributed by atoms with Crippen molar-refractivity contribution in [3.63, 3.8) is 0 Å². The van der Waals surface area contributed by atoms with Gasteiger partial charge in [0.15, 0.2) is 5.17 Å². The number of ether oxygens (including phenoxy) is 1. The minimum atomic E-state index is -0.315. The van der Waals surface area contributed by atoms with Crippen LogP contribution >= 0.6 is 11.8 Å². The summed E-state index contributed by atoms with van der Waals surface area (Å²) < 4.78 is 18.7. The Balaban J connectivity index is 1.73. The number of likely N-dealkylation sites (N-methyl/N-ethyl adjacent to an activating group) is 1. The smallest absolute Gasteiger partial charge is 0.266 e. The highest BCUT2D eigenvalue weighted by Gasteiger charge is 2.30. The van der Waals surface area contributed by atoms with Crippen molar-refractivity contribution < 1.29 is 13.9 Å². The van der Waals surface area contributed by atoms with Gasteiger partial charge in [-0.3, -0.25) is 9.69 Å². The maximum Gasteiger partial charge on any atom is 0.266 e. The summed E-state index contributed by atoms with van der Waals surface area (Å²) in [5, 5.41) is 0.567. The van der Waals surface area contributed by atoms with Gasteiger partial charge in [0.2, 0.25) is 0 Å². The van der Waals surface area contributed by atoms with Crippen LogP contribution in [0, 0.1) is 5.82 Å². The van der Waals surface area contributed by atoms with Gasteiger partial charge in [-0.1, -0.05) is 25.5 Å². The van der Waals surface area contributed by atoms with E-state index < -0.39 is 0 Å². The van der Waals surface area contributed by atoms with E-state index >= 15 is 0 Å². The van der Waals surface area contributed by atoms with Crippen molar-refractivity contribution in [1.82, 2.24) is 4.90 Å². The topological polar surface area (TPSA) is 41.9 Å². The Morgan fingerprint density at radius 3 is 2.52 bits per heavy atom. The number of amidine groups is 1. The second kappa shape index (κ2) is 8.86. The molecule has 27 heavy (non-hydrogen) atoms. The maximum absolute atomic E-state index is 13.0. The Hall–Kier alpha value is -2.60. The SMILES string of the molecule is CCCCOc1ccc(/C=C2/SC(=Nc3ccc(F)cc3)N(C)C2=O)cc1. The van der Waals surface area contributed by atoms with Crippen LogP contribution in [0.3, 0.4) is 0 Å². The molecule has 0 atom stereocenters. The number of benzene rings is 2. The highest BCUT2D eigenvalue weighted by molar-refractivity contribution is 8.18. The van der Waals surface area contributed by atoms with Crippen LogP contribution in [0.4, 0.5) is 10.1 Å². The first-order valence-electron chi connectivity index (χ1n) is 8.81. The molecule has 140 valence electrons. The Morgan fingerprint density at radius 1 is 1.15 bits per heavy atom. The minimum absolute atomic E-state index is 0.107. The molecular formula is C21H21FN2O2S. The second-order valence-corrected chi connectivity index (χ2v) is 7.13. The number of amides is 1. The van der Waals surface area contributed by atoms with E-state index in [0.717, 1.165) is 24.2 Å². The van der Waals surface area contributed by atoms with Gasteiger partial charge in [0, 0.05) is 7.05 Å². The summed E-state index contributed by atoms with van der Waals surface area (Å²) in [6.45, 7) is 2.83. The average Bonchev–Trinajstić information content (AvgIpc) is 2.93. The Morgan fingerprint density at radius 2 is 1.85 bits per heavy atom. The van der Waals surface area contributed by atoms with Gasteiger partial charge < -0.3 is 4.74 Å². The number of unbranched alkanes of at least 4 members (excludes halogenated alkanes) is 1. The molecule has 0 N–H and O–H groups in total. The average molecular weight is 384 g/mol. The van der Waals surface area contributed by atoms with E-state index in [2.05, 4.69) is 11.9 Å². The molecule has 0 spiro atoms. The van der Waals surface area contributed by atoms with Gasteiger partial charge >= 0.3 is 0 Å². The fourth-order valence-corrected chi connectivity index (χ4v) is 3.41. The molecule has 1 amide bonds. The molecule has 1 heterocycles. The molecule has 0 radical (unpaired) electrons. The number of rotatable bonds is 6. The quantitative estimate of drug-likeness (QED) is 0.505. The lowest BCUT2D eigenvalue weighted by Gasteiger charge is -2.07. The lowest BCUT2D eigenvalue weighted by Crippen LogP contribution is -2.23. The molecule has 0 unspecified atom stereocenters. The van der Waals surface area contributed by atoms with Gasteiger partial charge in [-0.25, -0.2) is 9.38 Å². The van der Waals surface area contributed by atoms with E-state index in [0.29, 0.717) is 22.4 Å². The zero-order valence-electron chi connectivity index (χ0n) is 15.3. The van der Waals surface area contributed by atoms with Crippen LogP contribution in [-0.4, -0.2) is 29.6 Å². The van der Waals surface area contributed by atoms with Crippen LogP contribution in [0.1, 0.15) is 25.3 Å². The van der Waals surface area contributed by atoms with Gasteiger partial charge in [0.1, 0.15) is 11.6 Å². The molecule has 3 rings (SSSR count). The molecule has 1 fully saturated rings. The van der Waals surface area contributed by atoms with Gasteiger partial charge in [-0.05, 0) is 66.2 Å². The van der Waals surface area contributed by atoms with Crippen molar-refractivity contribution in [2.45, 2.75) is 19.8 Å². The van der Waals surface area contributed by atoms with Crippen molar-refractivity contribution in [3.05, 3.63) is 64.8 Å². The van der Waals surface area contributed by atoms with Crippen LogP contribution in [0.15, 0.2) is 58.4 Å². The number of nitrogens with zero attached hydrogens (tertiary/aromatic N) is 2. The van der Waals surface area contributed by atoms with E-state index in [4.69, 9.17) is 4.74 Å². The third kappa shape index (κ3) is 4.98. The lowest BCUT2D eigenvalue weighted by molar-refractivity contribution is -0.121. The number of hydrogen-bond acceptors (Lipinski definition) is 4. The first-order chi connectivity index (χ1) is 13.1. The summed E-state index contributed by atoms with van der Waals surface area (Å²) in [5.74, 6) is 0.404. The zero-order valence-corrected chi connectivity index (χ0v) is 16.1. The predicted molar refractivity (Wildman–Crippen MR) is 109 cm³/mol. The molecule has 1 saturated heterocycles. The summed E-state index contributed by atoms with van der Waals surface area (Å²) in [4.78, 5) is 19.0. The Labute approximate surface area is 162 Å². The van der Waals surface area contributed by atoms with E-state index in [1.165, 1.54) is 28.8 Å². The fourth-order valence-electron chi connectivity index (χ4n) is 2.42. The predicted octanol–water partition coefficient (Wildman–Crippen LogP) is 5.24. The van der Waals surface area contributed by atoms with Gasteiger partial charge in [0.05, 0.1) is 17.2 Å². The van der Waals surface area contributed by atoms with E-state index in [1.54, 1.807) is 19.2 Å². The third-order valence-corrected chi connectivity index (χ3v) is 5.06. The molecule has 2 aromatic rings. The van der Waals surface area contributed by atoms with Crippen LogP contribution in [-0.2, 0) is 4.79 Å². The van der Waals surface area contributed by atoms with E-state index in [9.17, 15) is 9.18 Å². The first kappa shape index (κ1) is 19.2. The van der Waals surface area contributed by atoms with Gasteiger partial charge in [-0.2, -0.15) is 0 Å². The zero-order chi connectivity index (χ0) is 19.2. The monoisotopic (exact) mass is 384 g/mol. The molecule has 1 aliphatic rings. The molecule has 0 aromatic heterocycles. The largest absolute Gasteiger partial charge is 0.494 e. The molecule has 0 saturated carbocycles. The second-order valence-electron chi connectivity index (χ2n) is 6.12. The number of carbonyl (C=O) groups is 1. The van der Waals surface area contributed by atoms with Crippen molar-refractivity contribution in [1.29, 1.82) is 0 Å². The highest BCUT2D eigenvalue weighted by atomic mass is 32.2. The number of hydrogen-bond donors (Lipinski definition) is 0. The third-order valence-electron chi connectivity index (χ3n) is 4.00. The van der Waals surface area contributed by atoms with Crippen LogP contribution in [0.2, 0.25) is 0 Å². The summed E-state index contributed by atoms with van der Waals surface area (Å²) in [6, 6.07) is 13.5. The molecule has 6 heteroatoms. The molecule has 0 bridgehead atoms. The van der Waals surface area contributed by atoms with E-state index in [-0.39, 0.29) is 11.7 Å². The summed E-state index contributed by atoms with van der Waals surface area (Å²) >= 11 is 1.30. The number of carbonyl (C=O) groups excluding carboxylic acids is 1. The standard InChI is InChI=1S/C21H21FN2O2S/c1-3-4-13-26-18-11-5-15(6-12-18)14-19-20(25)24(2)21(27-19)23-17-9-7-16(22)8-10-17/h5-12,14H,3-4,13H2,1-2H3/b19-14+,23-21?. The van der Waals surface area contributed by atoms with Crippen molar-refractivity contribution in [3.8, 4) is 5.75 Å². The number of thioether (sulfide) groups is 1. The van der Waals surface area contributed by atoms with Crippen LogP contribution < -0.4 is 4.74 Å². The highest BCUT2D eigenvalue weighted by Crippen LogP contribution is 2.33.